The summed E-state index contributed by atoms with van der Waals surface area (Å²) in [5, 5.41) is 5.31. The van der Waals surface area contributed by atoms with Gasteiger partial charge in [0.25, 0.3) is 11.8 Å². The largest absolute Gasteiger partial charge is 0.491 e. The minimum atomic E-state index is -0.243. The summed E-state index contributed by atoms with van der Waals surface area (Å²) in [6, 6.07) is 5.48. The van der Waals surface area contributed by atoms with Crippen LogP contribution in [0.4, 0.5) is 0 Å². The third-order valence-electron chi connectivity index (χ3n) is 5.48. The Balaban J connectivity index is 1.57. The Morgan fingerprint density at radius 2 is 1.61 bits per heavy atom. The summed E-state index contributed by atoms with van der Waals surface area (Å²) in [4.78, 5) is 25.5. The van der Waals surface area contributed by atoms with Crippen LogP contribution in [-0.2, 0) is 9.59 Å². The Labute approximate surface area is 165 Å². The number of carbonyl (C=O) groups is 2. The highest BCUT2D eigenvalue weighted by atomic mass is 16.5. The maximum Gasteiger partial charge on any atom is 0.254 e. The van der Waals surface area contributed by atoms with E-state index >= 15 is 0 Å². The molecule has 6 nitrogen and oxygen atoms in total. The van der Waals surface area contributed by atoms with Crippen molar-refractivity contribution in [1.82, 2.24) is 5.01 Å². The number of ether oxygens (including phenoxy) is 2. The zero-order valence-corrected chi connectivity index (χ0v) is 16.7. The van der Waals surface area contributed by atoms with Gasteiger partial charge in [0.1, 0.15) is 11.5 Å². The summed E-state index contributed by atoms with van der Waals surface area (Å²) in [7, 11) is 0. The van der Waals surface area contributed by atoms with Crippen molar-refractivity contribution in [3.8, 4) is 11.5 Å². The van der Waals surface area contributed by atoms with Crippen LogP contribution in [0.3, 0.4) is 0 Å². The molecule has 0 radical (unpaired) electrons. The summed E-state index contributed by atoms with van der Waals surface area (Å²) in [6.45, 7) is 7.80. The third kappa shape index (κ3) is 3.21. The number of imide groups is 1. The number of fused-ring (bicyclic) bond motifs is 5. The molecule has 4 rings (SSSR count). The predicted molar refractivity (Wildman–Crippen MR) is 105 cm³/mol. The van der Waals surface area contributed by atoms with Crippen LogP contribution >= 0.6 is 0 Å². The molecule has 0 N–H and O–H groups in total. The second-order valence-corrected chi connectivity index (χ2v) is 8.27. The lowest BCUT2D eigenvalue weighted by Gasteiger charge is -2.16. The zero-order valence-electron chi connectivity index (χ0n) is 16.7. The van der Waals surface area contributed by atoms with E-state index in [0.717, 1.165) is 11.4 Å². The SMILES string of the molecule is CC(C)Oc1ccc(/C=N\N2C(=O)[C@@H]3[C@H](C2=O)[C@H]2C=C[C@H]3C2)c(OC(C)C)c1. The van der Waals surface area contributed by atoms with Gasteiger partial charge >= 0.3 is 0 Å². The van der Waals surface area contributed by atoms with Crippen LogP contribution in [0, 0.1) is 23.7 Å². The fourth-order valence-corrected chi connectivity index (χ4v) is 4.44. The molecule has 2 fully saturated rings. The molecule has 2 bridgehead atoms. The highest BCUT2D eigenvalue weighted by Gasteiger charge is 2.59. The van der Waals surface area contributed by atoms with Crippen LogP contribution in [-0.4, -0.2) is 35.2 Å². The number of hydrogen-bond donors (Lipinski definition) is 0. The number of nitrogens with zero attached hydrogens (tertiary/aromatic N) is 2. The van der Waals surface area contributed by atoms with Crippen LogP contribution in [0.5, 0.6) is 11.5 Å². The summed E-state index contributed by atoms with van der Waals surface area (Å²) < 4.78 is 11.6. The first-order chi connectivity index (χ1) is 13.3. The molecule has 1 saturated carbocycles. The number of benzene rings is 1. The minimum absolute atomic E-state index is 0.0300. The van der Waals surface area contributed by atoms with Gasteiger partial charge < -0.3 is 9.47 Å². The fraction of sp³-hybridized carbons (Fsp3) is 0.500. The van der Waals surface area contributed by atoms with E-state index in [9.17, 15) is 9.59 Å². The first kappa shape index (κ1) is 18.7. The Morgan fingerprint density at radius 3 is 2.18 bits per heavy atom. The molecule has 6 heteroatoms. The quantitative estimate of drug-likeness (QED) is 0.430. The van der Waals surface area contributed by atoms with Gasteiger partial charge in [0.2, 0.25) is 0 Å². The summed E-state index contributed by atoms with van der Waals surface area (Å²) in [6.07, 6.45) is 6.61. The Hall–Kier alpha value is -2.63. The lowest BCUT2D eigenvalue weighted by molar-refractivity contribution is -0.140. The Bertz CT molecular complexity index is 828. The molecule has 0 unspecified atom stereocenters. The van der Waals surface area contributed by atoms with Gasteiger partial charge in [-0.25, -0.2) is 0 Å². The van der Waals surface area contributed by atoms with Crippen molar-refractivity contribution in [3.05, 3.63) is 35.9 Å². The van der Waals surface area contributed by atoms with Crippen LogP contribution in [0.15, 0.2) is 35.5 Å². The molecule has 148 valence electrons. The predicted octanol–water partition coefficient (Wildman–Crippen LogP) is 3.40. The van der Waals surface area contributed by atoms with Gasteiger partial charge in [-0.1, -0.05) is 12.2 Å². The summed E-state index contributed by atoms with van der Waals surface area (Å²) >= 11 is 0. The zero-order chi connectivity index (χ0) is 20.0. The highest BCUT2D eigenvalue weighted by molar-refractivity contribution is 6.06. The molecule has 1 aromatic carbocycles. The number of hydrogen-bond acceptors (Lipinski definition) is 5. The van der Waals surface area contributed by atoms with E-state index in [1.807, 2.05) is 45.9 Å². The van der Waals surface area contributed by atoms with Crippen LogP contribution in [0.25, 0.3) is 0 Å². The van der Waals surface area contributed by atoms with Gasteiger partial charge in [-0.2, -0.15) is 10.1 Å². The van der Waals surface area contributed by atoms with E-state index in [4.69, 9.17) is 9.47 Å². The number of carbonyl (C=O) groups excluding carboxylic acids is 2. The van der Waals surface area contributed by atoms with Crippen LogP contribution < -0.4 is 9.47 Å². The highest BCUT2D eigenvalue weighted by Crippen LogP contribution is 2.52. The number of allylic oxidation sites excluding steroid dienone is 2. The molecule has 0 aromatic heterocycles. The van der Waals surface area contributed by atoms with E-state index in [-0.39, 0.29) is 47.7 Å². The van der Waals surface area contributed by atoms with Gasteiger partial charge in [0.05, 0.1) is 30.3 Å². The van der Waals surface area contributed by atoms with Crippen molar-refractivity contribution in [2.45, 2.75) is 46.3 Å². The van der Waals surface area contributed by atoms with E-state index in [1.165, 1.54) is 6.21 Å². The lowest BCUT2D eigenvalue weighted by atomic mass is 9.85. The average molecular weight is 382 g/mol. The van der Waals surface area contributed by atoms with Gasteiger partial charge in [0, 0.05) is 11.6 Å². The normalized spacial score (nSPS) is 28.3. The molecular formula is C22H26N2O4. The molecule has 3 aliphatic rings. The molecule has 1 heterocycles. The van der Waals surface area contributed by atoms with Crippen molar-refractivity contribution in [1.29, 1.82) is 0 Å². The fourth-order valence-electron chi connectivity index (χ4n) is 4.44. The second-order valence-electron chi connectivity index (χ2n) is 8.27. The van der Waals surface area contributed by atoms with E-state index in [1.54, 1.807) is 0 Å². The molecule has 1 aliphatic heterocycles. The topological polar surface area (TPSA) is 68.2 Å². The molecule has 2 aliphatic carbocycles. The maximum atomic E-state index is 12.8. The smallest absolute Gasteiger partial charge is 0.254 e. The molecule has 1 saturated heterocycles. The monoisotopic (exact) mass is 382 g/mol. The Morgan fingerprint density at radius 1 is 1.00 bits per heavy atom. The van der Waals surface area contributed by atoms with Gasteiger partial charge in [-0.15, -0.1) is 0 Å². The lowest BCUT2D eigenvalue weighted by Crippen LogP contribution is -2.28. The van der Waals surface area contributed by atoms with Gasteiger partial charge in [0.15, 0.2) is 0 Å². The summed E-state index contributed by atoms with van der Waals surface area (Å²) in [5.41, 5.74) is 0.698. The van der Waals surface area contributed by atoms with Crippen LogP contribution in [0.2, 0.25) is 0 Å². The first-order valence-corrected chi connectivity index (χ1v) is 9.92. The molecule has 1 aromatic rings. The third-order valence-corrected chi connectivity index (χ3v) is 5.48. The molecule has 0 spiro atoms. The van der Waals surface area contributed by atoms with Gasteiger partial charge in [-0.05, 0) is 58.1 Å². The van der Waals surface area contributed by atoms with Crippen molar-refractivity contribution in [3.63, 3.8) is 0 Å². The molecule has 28 heavy (non-hydrogen) atoms. The number of hydrazone groups is 1. The standard InChI is InChI=1S/C22H26N2O4/c1-12(2)27-17-8-7-16(18(10-17)28-13(3)4)11-23-24-21(25)19-14-5-6-15(9-14)20(19)22(24)26/h5-8,10-15,19-20H,9H2,1-4H3/b23-11-/t14-,15-,19-,20+/m0/s1. The maximum absolute atomic E-state index is 12.8. The van der Waals surface area contributed by atoms with Crippen molar-refractivity contribution >= 4 is 18.0 Å². The van der Waals surface area contributed by atoms with E-state index < -0.39 is 0 Å². The molecular weight excluding hydrogens is 356 g/mol. The van der Waals surface area contributed by atoms with E-state index in [2.05, 4.69) is 17.3 Å². The van der Waals surface area contributed by atoms with E-state index in [0.29, 0.717) is 17.1 Å². The average Bonchev–Trinajstić information content (AvgIpc) is 3.28. The van der Waals surface area contributed by atoms with Crippen molar-refractivity contribution in [2.75, 3.05) is 0 Å². The first-order valence-electron chi connectivity index (χ1n) is 9.92. The minimum Gasteiger partial charge on any atom is -0.491 e. The van der Waals surface area contributed by atoms with Gasteiger partial charge in [-0.3, -0.25) is 9.59 Å². The molecule has 4 atom stereocenters. The summed E-state index contributed by atoms with van der Waals surface area (Å²) in [5.74, 6) is 0.813. The number of rotatable bonds is 6. The van der Waals surface area contributed by atoms with Crippen LogP contribution in [0.1, 0.15) is 39.7 Å². The number of amides is 2. The molecule has 2 amide bonds. The van der Waals surface area contributed by atoms with Crippen molar-refractivity contribution in [2.24, 2.45) is 28.8 Å². The second kappa shape index (κ2) is 7.08. The Kier molecular flexibility index (Phi) is 4.73. The van der Waals surface area contributed by atoms with Crippen molar-refractivity contribution < 1.29 is 19.1 Å².